The zero-order valence-electron chi connectivity index (χ0n) is 16.0. The summed E-state index contributed by atoms with van der Waals surface area (Å²) in [7, 11) is 0. The molecule has 1 N–H and O–H groups in total. The number of nitrogens with one attached hydrogen (secondary N) is 1. The predicted molar refractivity (Wildman–Crippen MR) is 101 cm³/mol. The van der Waals surface area contributed by atoms with Gasteiger partial charge in [-0.25, -0.2) is 4.79 Å². The second-order valence-electron chi connectivity index (χ2n) is 8.04. The molecule has 2 saturated heterocycles. The maximum Gasteiger partial charge on any atom is 0.321 e. The maximum absolute atomic E-state index is 12.7. The number of urea groups is 1. The number of hydrogen-bond acceptors (Lipinski definition) is 3. The minimum Gasteiger partial charge on any atom is -0.368 e. The summed E-state index contributed by atoms with van der Waals surface area (Å²) in [4.78, 5) is 28.7. The molecule has 6 nitrogen and oxygen atoms in total. The number of para-hydroxylation sites is 1. The molecular formula is C20H29N3O3. The van der Waals surface area contributed by atoms with Crippen LogP contribution in [0.1, 0.15) is 39.2 Å². The number of carbonyl (C=O) groups excluding carboxylic acids is 2. The van der Waals surface area contributed by atoms with E-state index in [1.807, 2.05) is 29.2 Å². The normalized spacial score (nSPS) is 21.0. The van der Waals surface area contributed by atoms with Crippen LogP contribution in [-0.4, -0.2) is 60.6 Å². The summed E-state index contributed by atoms with van der Waals surface area (Å²) in [6.45, 7) is 9.28. The summed E-state index contributed by atoms with van der Waals surface area (Å²) in [5.41, 5.74) is 1.92. The number of carbonyl (C=O) groups is 2. The van der Waals surface area contributed by atoms with E-state index in [1.54, 1.807) is 4.90 Å². The maximum atomic E-state index is 12.7. The van der Waals surface area contributed by atoms with Crippen molar-refractivity contribution < 1.29 is 14.3 Å². The topological polar surface area (TPSA) is 61.9 Å². The Labute approximate surface area is 155 Å². The van der Waals surface area contributed by atoms with Gasteiger partial charge >= 0.3 is 6.03 Å². The lowest BCUT2D eigenvalue weighted by atomic mass is 9.86. The Balaban J connectivity index is 1.57. The third-order valence-corrected chi connectivity index (χ3v) is 5.06. The van der Waals surface area contributed by atoms with Crippen LogP contribution < -0.4 is 5.32 Å². The summed E-state index contributed by atoms with van der Waals surface area (Å²) in [6.07, 6.45) is 1.48. The number of amides is 3. The minimum atomic E-state index is -0.283. The van der Waals surface area contributed by atoms with Crippen molar-refractivity contribution in [1.82, 2.24) is 9.80 Å². The third-order valence-electron chi connectivity index (χ3n) is 5.06. The molecule has 0 spiro atoms. The van der Waals surface area contributed by atoms with Crippen molar-refractivity contribution in [3.63, 3.8) is 0 Å². The molecule has 0 saturated carbocycles. The van der Waals surface area contributed by atoms with Crippen LogP contribution >= 0.6 is 0 Å². The molecule has 2 heterocycles. The van der Waals surface area contributed by atoms with Crippen molar-refractivity contribution in [2.75, 3.05) is 38.1 Å². The third kappa shape index (κ3) is 4.18. The highest BCUT2D eigenvalue weighted by atomic mass is 16.5. The first-order valence-electron chi connectivity index (χ1n) is 9.42. The van der Waals surface area contributed by atoms with Crippen molar-refractivity contribution in [3.05, 3.63) is 29.8 Å². The molecule has 6 heteroatoms. The van der Waals surface area contributed by atoms with Crippen LogP contribution in [0.25, 0.3) is 0 Å². The second kappa shape index (κ2) is 7.66. The van der Waals surface area contributed by atoms with E-state index in [1.165, 1.54) is 0 Å². The van der Waals surface area contributed by atoms with Crippen LogP contribution in [0, 0.1) is 0 Å². The number of piperazine rings is 1. The van der Waals surface area contributed by atoms with E-state index in [9.17, 15) is 9.59 Å². The highest BCUT2D eigenvalue weighted by Gasteiger charge is 2.31. The van der Waals surface area contributed by atoms with Gasteiger partial charge in [-0.05, 0) is 29.9 Å². The molecule has 26 heavy (non-hydrogen) atoms. The van der Waals surface area contributed by atoms with E-state index in [4.69, 9.17) is 4.74 Å². The largest absolute Gasteiger partial charge is 0.368 e. The average Bonchev–Trinajstić information content (AvgIpc) is 3.15. The molecule has 3 amide bonds. The zero-order chi connectivity index (χ0) is 18.7. The highest BCUT2D eigenvalue weighted by Crippen LogP contribution is 2.29. The van der Waals surface area contributed by atoms with E-state index in [-0.39, 0.29) is 23.5 Å². The fourth-order valence-electron chi connectivity index (χ4n) is 3.55. The Hall–Kier alpha value is -2.08. The van der Waals surface area contributed by atoms with E-state index in [0.29, 0.717) is 32.8 Å². The van der Waals surface area contributed by atoms with Gasteiger partial charge in [0.05, 0.1) is 0 Å². The van der Waals surface area contributed by atoms with Gasteiger partial charge in [0, 0.05) is 38.5 Å². The molecule has 0 aliphatic carbocycles. The van der Waals surface area contributed by atoms with Crippen molar-refractivity contribution in [2.24, 2.45) is 0 Å². The Bertz CT molecular complexity index is 655. The zero-order valence-corrected chi connectivity index (χ0v) is 16.0. The van der Waals surface area contributed by atoms with Gasteiger partial charge in [-0.3, -0.25) is 4.79 Å². The monoisotopic (exact) mass is 359 g/mol. The Morgan fingerprint density at radius 3 is 2.35 bits per heavy atom. The van der Waals surface area contributed by atoms with Crippen LogP contribution in [0.3, 0.4) is 0 Å². The predicted octanol–water partition coefficient (Wildman–Crippen LogP) is 2.84. The Kier molecular flexibility index (Phi) is 5.51. The van der Waals surface area contributed by atoms with Gasteiger partial charge in [0.15, 0.2) is 0 Å². The average molecular weight is 359 g/mol. The standard InChI is InChI=1S/C20H29N3O3/c1-20(2,3)15-7-4-5-8-16(15)21-19(25)23-12-10-22(11-13-23)18(24)17-9-6-14-26-17/h4-5,7-8,17H,6,9-14H2,1-3H3,(H,21,25). The van der Waals surface area contributed by atoms with Crippen LogP contribution in [0.2, 0.25) is 0 Å². The number of benzene rings is 1. The Morgan fingerprint density at radius 2 is 1.73 bits per heavy atom. The number of hydrogen-bond donors (Lipinski definition) is 1. The molecule has 1 atom stereocenters. The smallest absolute Gasteiger partial charge is 0.321 e. The quantitative estimate of drug-likeness (QED) is 0.883. The first-order chi connectivity index (χ1) is 12.4. The van der Waals surface area contributed by atoms with Gasteiger partial charge in [-0.15, -0.1) is 0 Å². The molecule has 1 unspecified atom stereocenters. The summed E-state index contributed by atoms with van der Waals surface area (Å²) in [6, 6.07) is 7.81. The second-order valence-corrected chi connectivity index (χ2v) is 8.04. The van der Waals surface area contributed by atoms with Gasteiger partial charge in [0.25, 0.3) is 5.91 Å². The lowest BCUT2D eigenvalue weighted by molar-refractivity contribution is -0.142. The number of anilines is 1. The summed E-state index contributed by atoms with van der Waals surface area (Å²) in [5.74, 6) is 0.0700. The van der Waals surface area contributed by atoms with Gasteiger partial charge in [0.2, 0.25) is 0 Å². The minimum absolute atomic E-state index is 0.0454. The van der Waals surface area contributed by atoms with E-state index < -0.39 is 0 Å². The lowest BCUT2D eigenvalue weighted by Gasteiger charge is -2.36. The lowest BCUT2D eigenvalue weighted by Crippen LogP contribution is -2.53. The molecule has 2 aliphatic rings. The molecule has 2 fully saturated rings. The summed E-state index contributed by atoms with van der Waals surface area (Å²) < 4.78 is 5.48. The first kappa shape index (κ1) is 18.7. The molecule has 0 radical (unpaired) electrons. The molecule has 142 valence electrons. The van der Waals surface area contributed by atoms with E-state index >= 15 is 0 Å². The Morgan fingerprint density at radius 1 is 1.08 bits per heavy atom. The van der Waals surface area contributed by atoms with E-state index in [0.717, 1.165) is 24.1 Å². The van der Waals surface area contributed by atoms with Gasteiger partial charge in [-0.2, -0.15) is 0 Å². The van der Waals surface area contributed by atoms with Crippen LogP contribution in [0.4, 0.5) is 10.5 Å². The molecule has 1 aromatic carbocycles. The number of nitrogens with zero attached hydrogens (tertiary/aromatic N) is 2. The van der Waals surface area contributed by atoms with Gasteiger partial charge in [-0.1, -0.05) is 39.0 Å². The van der Waals surface area contributed by atoms with Crippen LogP contribution in [-0.2, 0) is 14.9 Å². The molecular weight excluding hydrogens is 330 g/mol. The highest BCUT2D eigenvalue weighted by molar-refractivity contribution is 5.90. The molecule has 3 rings (SSSR count). The van der Waals surface area contributed by atoms with Crippen LogP contribution in [0.5, 0.6) is 0 Å². The SMILES string of the molecule is CC(C)(C)c1ccccc1NC(=O)N1CCN(C(=O)C2CCCO2)CC1. The number of rotatable bonds is 2. The van der Waals surface area contributed by atoms with Crippen molar-refractivity contribution >= 4 is 17.6 Å². The molecule has 0 bridgehead atoms. The fourth-order valence-corrected chi connectivity index (χ4v) is 3.55. The van der Waals surface area contributed by atoms with E-state index in [2.05, 4.69) is 26.1 Å². The summed E-state index contributed by atoms with van der Waals surface area (Å²) in [5, 5.41) is 3.04. The fraction of sp³-hybridized carbons (Fsp3) is 0.600. The molecule has 0 aromatic heterocycles. The van der Waals surface area contributed by atoms with Gasteiger partial charge < -0.3 is 19.9 Å². The van der Waals surface area contributed by atoms with Crippen molar-refractivity contribution in [2.45, 2.75) is 45.1 Å². The van der Waals surface area contributed by atoms with Crippen molar-refractivity contribution in [1.29, 1.82) is 0 Å². The summed E-state index contributed by atoms with van der Waals surface area (Å²) >= 11 is 0. The number of ether oxygens (including phenoxy) is 1. The molecule has 2 aliphatic heterocycles. The van der Waals surface area contributed by atoms with Crippen LogP contribution in [0.15, 0.2) is 24.3 Å². The van der Waals surface area contributed by atoms with Crippen molar-refractivity contribution in [3.8, 4) is 0 Å². The van der Waals surface area contributed by atoms with Gasteiger partial charge in [0.1, 0.15) is 6.10 Å². The first-order valence-corrected chi connectivity index (χ1v) is 9.42. The molecule has 1 aromatic rings.